The van der Waals surface area contributed by atoms with E-state index in [1.54, 1.807) is 42.5 Å². The molecule has 0 saturated carbocycles. The summed E-state index contributed by atoms with van der Waals surface area (Å²) in [5.41, 5.74) is 2.08. The zero-order chi connectivity index (χ0) is 24.2. The average Bonchev–Trinajstić information content (AvgIpc) is 3.30. The van der Waals surface area contributed by atoms with Gasteiger partial charge in [-0.3, -0.25) is 5.10 Å². The Morgan fingerprint density at radius 3 is 2.62 bits per heavy atom. The highest BCUT2D eigenvalue weighted by Gasteiger charge is 2.23. The van der Waals surface area contributed by atoms with Gasteiger partial charge in [0, 0.05) is 19.7 Å². The van der Waals surface area contributed by atoms with Gasteiger partial charge < -0.3 is 19.1 Å². The van der Waals surface area contributed by atoms with Gasteiger partial charge in [0.05, 0.1) is 41.2 Å². The number of nitrogens with zero attached hydrogens (tertiary/aromatic N) is 4. The number of rotatable bonds is 9. The molecule has 0 spiro atoms. The Kier molecular flexibility index (Phi) is 7.35. The molecule has 2 aromatic carbocycles. The molecule has 1 N–H and O–H groups in total. The van der Waals surface area contributed by atoms with Crippen molar-refractivity contribution in [3.05, 3.63) is 52.4 Å². The van der Waals surface area contributed by atoms with E-state index < -0.39 is 5.82 Å². The maximum absolute atomic E-state index is 15.0. The lowest BCUT2D eigenvalue weighted by Crippen LogP contribution is -2.20. The van der Waals surface area contributed by atoms with E-state index in [0.29, 0.717) is 69.7 Å². The van der Waals surface area contributed by atoms with Crippen LogP contribution in [0.3, 0.4) is 0 Å². The van der Waals surface area contributed by atoms with Gasteiger partial charge in [-0.25, -0.2) is 14.4 Å². The van der Waals surface area contributed by atoms with E-state index >= 15 is 0 Å². The van der Waals surface area contributed by atoms with E-state index in [2.05, 4.69) is 15.2 Å². The Morgan fingerprint density at radius 1 is 1.06 bits per heavy atom. The van der Waals surface area contributed by atoms with Gasteiger partial charge >= 0.3 is 0 Å². The van der Waals surface area contributed by atoms with Crippen molar-refractivity contribution in [2.24, 2.45) is 0 Å². The Bertz CT molecular complexity index is 1320. The van der Waals surface area contributed by atoms with Crippen LogP contribution in [0.1, 0.15) is 6.92 Å². The van der Waals surface area contributed by atoms with Crippen molar-refractivity contribution in [3.8, 4) is 22.8 Å². The molecule has 0 fully saturated rings. The summed E-state index contributed by atoms with van der Waals surface area (Å²) in [6, 6.07) is 7.90. The van der Waals surface area contributed by atoms with Crippen LogP contribution in [0, 0.1) is 5.82 Å². The van der Waals surface area contributed by atoms with Crippen molar-refractivity contribution in [2.75, 3.05) is 38.9 Å². The van der Waals surface area contributed by atoms with Crippen molar-refractivity contribution in [1.82, 2.24) is 20.2 Å². The number of anilines is 2. The number of fused-ring (bicyclic) bond motifs is 1. The number of aromatic nitrogens is 4. The number of halogens is 3. The molecule has 34 heavy (non-hydrogen) atoms. The molecule has 0 amide bonds. The van der Waals surface area contributed by atoms with Gasteiger partial charge in [-0.05, 0) is 25.1 Å². The molecule has 0 atom stereocenters. The van der Waals surface area contributed by atoms with Gasteiger partial charge in [0.25, 0.3) is 0 Å². The van der Waals surface area contributed by atoms with E-state index in [4.69, 9.17) is 42.4 Å². The second kappa shape index (κ2) is 10.4. The number of hydrogen-bond donors (Lipinski definition) is 1. The lowest BCUT2D eigenvalue weighted by molar-refractivity contribution is 0.146. The number of benzene rings is 2. The summed E-state index contributed by atoms with van der Waals surface area (Å²) in [5.74, 6) is 0.587. The Morgan fingerprint density at radius 2 is 1.88 bits per heavy atom. The smallest absolute Gasteiger partial charge is 0.231 e. The molecule has 178 valence electrons. The van der Waals surface area contributed by atoms with Crippen molar-refractivity contribution in [2.45, 2.75) is 6.92 Å². The fraction of sp³-hybridized carbons (Fsp3) is 0.261. The second-order valence-corrected chi connectivity index (χ2v) is 7.95. The normalized spacial score (nSPS) is 11.1. The van der Waals surface area contributed by atoms with Gasteiger partial charge in [0.15, 0.2) is 0 Å². The summed E-state index contributed by atoms with van der Waals surface area (Å²) >= 11 is 12.9. The minimum absolute atomic E-state index is 0.199. The highest BCUT2D eigenvalue weighted by Crippen LogP contribution is 2.40. The van der Waals surface area contributed by atoms with Gasteiger partial charge in [0.2, 0.25) is 5.95 Å². The number of ether oxygens (including phenoxy) is 3. The molecule has 8 nitrogen and oxygen atoms in total. The average molecular weight is 506 g/mol. The summed E-state index contributed by atoms with van der Waals surface area (Å²) in [6.07, 6.45) is 1.55. The van der Waals surface area contributed by atoms with E-state index in [0.717, 1.165) is 0 Å². The van der Waals surface area contributed by atoms with Gasteiger partial charge in [-0.2, -0.15) is 5.10 Å². The van der Waals surface area contributed by atoms with Crippen molar-refractivity contribution in [3.63, 3.8) is 0 Å². The molecule has 0 radical (unpaired) electrons. The molecule has 11 heteroatoms. The van der Waals surface area contributed by atoms with Crippen LogP contribution in [0.2, 0.25) is 10.0 Å². The van der Waals surface area contributed by atoms with E-state index in [9.17, 15) is 4.39 Å². The van der Waals surface area contributed by atoms with Gasteiger partial charge in [-0.15, -0.1) is 0 Å². The van der Waals surface area contributed by atoms with E-state index in [-0.39, 0.29) is 5.56 Å². The Labute approximate surface area is 205 Å². The molecule has 4 rings (SSSR count). The third kappa shape index (κ3) is 4.59. The molecule has 0 saturated heterocycles. The first kappa shape index (κ1) is 24.0. The molecular formula is C23H22Cl2FN5O3. The van der Waals surface area contributed by atoms with Crippen LogP contribution >= 0.6 is 23.2 Å². The fourth-order valence-corrected chi connectivity index (χ4v) is 4.06. The van der Waals surface area contributed by atoms with Crippen LogP contribution in [0.25, 0.3) is 22.3 Å². The SMILES string of the molecule is CCN(c1nc(-c2c(F)cccc2OC)c2[nH]ncc2n1)c1cc(OCCOC)c(Cl)cc1Cl. The highest BCUT2D eigenvalue weighted by molar-refractivity contribution is 6.37. The molecule has 0 unspecified atom stereocenters. The van der Waals surface area contributed by atoms with Gasteiger partial charge in [-0.1, -0.05) is 29.3 Å². The standard InChI is InChI=1S/C23H22Cl2FN5O3/c1-4-31(17-11-19(34-9-8-32-2)14(25)10-13(17)24)23-28-16-12-27-30-21(16)22(29-23)20-15(26)6-5-7-18(20)33-3/h5-7,10-12H,4,8-9H2,1-3H3,(H,27,30). The number of methoxy groups -OCH3 is 2. The molecule has 0 aliphatic rings. The van der Waals surface area contributed by atoms with Crippen LogP contribution in [0.5, 0.6) is 11.5 Å². The topological polar surface area (TPSA) is 85.4 Å². The third-order valence-electron chi connectivity index (χ3n) is 5.12. The lowest BCUT2D eigenvalue weighted by atomic mass is 10.1. The third-order valence-corrected chi connectivity index (χ3v) is 5.71. The van der Waals surface area contributed by atoms with E-state index in [1.165, 1.54) is 13.2 Å². The first-order valence-electron chi connectivity index (χ1n) is 10.4. The predicted octanol–water partition coefficient (Wildman–Crippen LogP) is 5.66. The van der Waals surface area contributed by atoms with Crippen LogP contribution in [0.4, 0.5) is 16.0 Å². The summed E-state index contributed by atoms with van der Waals surface area (Å²) in [4.78, 5) is 11.1. The monoisotopic (exact) mass is 505 g/mol. The first-order chi connectivity index (χ1) is 16.5. The van der Waals surface area contributed by atoms with Crippen molar-refractivity contribution >= 4 is 45.9 Å². The molecule has 2 heterocycles. The van der Waals surface area contributed by atoms with Crippen LogP contribution < -0.4 is 14.4 Å². The molecule has 0 aliphatic heterocycles. The quantitative estimate of drug-likeness (QED) is 0.294. The largest absolute Gasteiger partial charge is 0.496 e. The first-order valence-corrected chi connectivity index (χ1v) is 11.2. The second-order valence-electron chi connectivity index (χ2n) is 7.14. The Balaban J connectivity index is 1.87. The summed E-state index contributed by atoms with van der Waals surface area (Å²) < 4.78 is 31.1. The number of aromatic amines is 1. The zero-order valence-corrected chi connectivity index (χ0v) is 20.2. The van der Waals surface area contributed by atoms with Crippen molar-refractivity contribution < 1.29 is 18.6 Å². The Hall–Kier alpha value is -3.14. The minimum Gasteiger partial charge on any atom is -0.496 e. The number of H-pyrrole nitrogens is 1. The minimum atomic E-state index is -0.485. The fourth-order valence-electron chi connectivity index (χ4n) is 3.52. The summed E-state index contributed by atoms with van der Waals surface area (Å²) in [5, 5.41) is 7.67. The zero-order valence-electron chi connectivity index (χ0n) is 18.7. The molecule has 0 bridgehead atoms. The molecule has 2 aromatic heterocycles. The maximum atomic E-state index is 15.0. The van der Waals surface area contributed by atoms with Crippen molar-refractivity contribution in [1.29, 1.82) is 0 Å². The molecular weight excluding hydrogens is 484 g/mol. The number of nitrogens with one attached hydrogen (secondary N) is 1. The highest BCUT2D eigenvalue weighted by atomic mass is 35.5. The summed E-state index contributed by atoms with van der Waals surface area (Å²) in [6.45, 7) is 3.09. The van der Waals surface area contributed by atoms with Gasteiger partial charge in [0.1, 0.15) is 40.7 Å². The lowest BCUT2D eigenvalue weighted by Gasteiger charge is -2.24. The maximum Gasteiger partial charge on any atom is 0.231 e. The van der Waals surface area contributed by atoms with Crippen LogP contribution in [0.15, 0.2) is 36.5 Å². The van der Waals surface area contributed by atoms with Crippen LogP contribution in [-0.4, -0.2) is 54.1 Å². The number of hydrogen-bond acceptors (Lipinski definition) is 7. The van der Waals surface area contributed by atoms with Crippen LogP contribution in [-0.2, 0) is 4.74 Å². The summed E-state index contributed by atoms with van der Waals surface area (Å²) in [7, 11) is 3.06. The predicted molar refractivity (Wildman–Crippen MR) is 130 cm³/mol. The molecule has 0 aliphatic carbocycles. The van der Waals surface area contributed by atoms with E-state index in [1.807, 2.05) is 6.92 Å². The molecule has 4 aromatic rings.